The standard InChI is InChI=1S/C17H22N8/c1-18-15-5-3-4-13(22-15)11-25-17-14(10-21-25)16(19-12-20-17)24-8-6-23(2)7-9-24/h3-5,10,12H,6-9,11H2,1-2H3,(H,18,22). The minimum Gasteiger partial charge on any atom is -0.373 e. The molecule has 1 N–H and O–H groups in total. The largest absolute Gasteiger partial charge is 0.373 e. The van der Waals surface area contributed by atoms with Gasteiger partial charge >= 0.3 is 0 Å². The number of pyridine rings is 1. The highest BCUT2D eigenvalue weighted by atomic mass is 15.3. The molecule has 0 unspecified atom stereocenters. The van der Waals surface area contributed by atoms with Crippen molar-refractivity contribution < 1.29 is 0 Å². The molecule has 1 aliphatic rings. The van der Waals surface area contributed by atoms with Crippen LogP contribution >= 0.6 is 0 Å². The molecule has 0 aromatic carbocycles. The molecule has 1 saturated heterocycles. The number of nitrogens with zero attached hydrogens (tertiary/aromatic N) is 7. The molecule has 0 amide bonds. The minimum absolute atomic E-state index is 0.582. The second kappa shape index (κ2) is 6.64. The van der Waals surface area contributed by atoms with Crippen molar-refractivity contribution in [2.45, 2.75) is 6.54 Å². The van der Waals surface area contributed by atoms with Crippen LogP contribution in [0, 0.1) is 0 Å². The maximum atomic E-state index is 4.56. The van der Waals surface area contributed by atoms with E-state index in [2.05, 4.69) is 42.2 Å². The highest BCUT2D eigenvalue weighted by Crippen LogP contribution is 2.24. The summed E-state index contributed by atoms with van der Waals surface area (Å²) in [6.45, 7) is 4.61. The second-order valence-electron chi connectivity index (χ2n) is 6.29. The number of hydrogen-bond acceptors (Lipinski definition) is 7. The van der Waals surface area contributed by atoms with Crippen molar-refractivity contribution in [2.75, 3.05) is 50.5 Å². The van der Waals surface area contributed by atoms with E-state index in [-0.39, 0.29) is 0 Å². The van der Waals surface area contributed by atoms with Crippen LogP contribution in [0.15, 0.2) is 30.7 Å². The van der Waals surface area contributed by atoms with Crippen LogP contribution in [0.25, 0.3) is 11.0 Å². The first-order valence-corrected chi connectivity index (χ1v) is 8.48. The smallest absolute Gasteiger partial charge is 0.163 e. The quantitative estimate of drug-likeness (QED) is 0.762. The number of likely N-dealkylation sites (N-methyl/N-ethyl adjacent to an activating group) is 1. The summed E-state index contributed by atoms with van der Waals surface area (Å²) in [6.07, 6.45) is 3.50. The molecular formula is C17H22N8. The topological polar surface area (TPSA) is 75.0 Å². The van der Waals surface area contributed by atoms with Gasteiger partial charge in [0.2, 0.25) is 0 Å². The molecule has 1 fully saturated rings. The Labute approximate surface area is 146 Å². The lowest BCUT2D eigenvalue weighted by Crippen LogP contribution is -2.44. The molecule has 4 rings (SSSR count). The molecule has 8 heteroatoms. The van der Waals surface area contributed by atoms with Crippen molar-refractivity contribution in [3.63, 3.8) is 0 Å². The normalized spacial score (nSPS) is 15.7. The number of nitrogens with one attached hydrogen (secondary N) is 1. The van der Waals surface area contributed by atoms with Crippen LogP contribution in [0.1, 0.15) is 5.69 Å². The summed E-state index contributed by atoms with van der Waals surface area (Å²) in [4.78, 5) is 18.2. The van der Waals surface area contributed by atoms with E-state index in [9.17, 15) is 0 Å². The third kappa shape index (κ3) is 3.12. The van der Waals surface area contributed by atoms with Gasteiger partial charge in [-0.25, -0.2) is 19.6 Å². The van der Waals surface area contributed by atoms with E-state index in [4.69, 9.17) is 0 Å². The van der Waals surface area contributed by atoms with E-state index in [0.29, 0.717) is 6.54 Å². The Kier molecular flexibility index (Phi) is 4.19. The molecule has 0 bridgehead atoms. The van der Waals surface area contributed by atoms with E-state index in [1.807, 2.05) is 36.1 Å². The molecule has 1 aliphatic heterocycles. The van der Waals surface area contributed by atoms with Gasteiger partial charge in [-0.2, -0.15) is 5.10 Å². The molecule has 3 aromatic heterocycles. The van der Waals surface area contributed by atoms with Crippen LogP contribution in [0.3, 0.4) is 0 Å². The van der Waals surface area contributed by atoms with Crippen LogP contribution in [0.4, 0.5) is 11.6 Å². The predicted molar refractivity (Wildman–Crippen MR) is 97.9 cm³/mol. The van der Waals surface area contributed by atoms with Gasteiger partial charge < -0.3 is 15.1 Å². The Morgan fingerprint density at radius 2 is 1.96 bits per heavy atom. The summed E-state index contributed by atoms with van der Waals surface area (Å²) in [7, 11) is 4.02. The van der Waals surface area contributed by atoms with Gasteiger partial charge in [-0.3, -0.25) is 0 Å². The number of aromatic nitrogens is 5. The summed E-state index contributed by atoms with van der Waals surface area (Å²) in [6, 6.07) is 5.93. The van der Waals surface area contributed by atoms with E-state index >= 15 is 0 Å². The van der Waals surface area contributed by atoms with Gasteiger partial charge in [0.15, 0.2) is 5.65 Å². The first-order valence-electron chi connectivity index (χ1n) is 8.48. The first-order chi connectivity index (χ1) is 12.2. The summed E-state index contributed by atoms with van der Waals surface area (Å²) < 4.78 is 1.89. The highest BCUT2D eigenvalue weighted by Gasteiger charge is 2.19. The molecule has 25 heavy (non-hydrogen) atoms. The fourth-order valence-corrected chi connectivity index (χ4v) is 3.13. The first kappa shape index (κ1) is 15.8. The Hall–Kier alpha value is -2.74. The molecular weight excluding hydrogens is 316 g/mol. The fourth-order valence-electron chi connectivity index (χ4n) is 3.13. The average molecular weight is 338 g/mol. The highest BCUT2D eigenvalue weighted by molar-refractivity contribution is 5.86. The summed E-state index contributed by atoms with van der Waals surface area (Å²) in [5.74, 6) is 1.82. The zero-order valence-electron chi connectivity index (χ0n) is 14.6. The lowest BCUT2D eigenvalue weighted by Gasteiger charge is -2.33. The molecule has 0 atom stereocenters. The molecule has 3 aromatic rings. The molecule has 8 nitrogen and oxygen atoms in total. The lowest BCUT2D eigenvalue weighted by atomic mass is 10.3. The number of piperazine rings is 1. The molecule has 4 heterocycles. The Balaban J connectivity index is 1.64. The van der Waals surface area contributed by atoms with E-state index < -0.39 is 0 Å². The van der Waals surface area contributed by atoms with Crippen LogP contribution in [0.2, 0.25) is 0 Å². The summed E-state index contributed by atoms with van der Waals surface area (Å²) >= 11 is 0. The van der Waals surface area contributed by atoms with Gasteiger partial charge in [0, 0.05) is 33.2 Å². The Morgan fingerprint density at radius 1 is 1.12 bits per heavy atom. The van der Waals surface area contributed by atoms with Gasteiger partial charge in [-0.05, 0) is 19.2 Å². The van der Waals surface area contributed by atoms with Crippen LogP contribution in [-0.4, -0.2) is 69.9 Å². The van der Waals surface area contributed by atoms with Crippen molar-refractivity contribution in [3.8, 4) is 0 Å². The van der Waals surface area contributed by atoms with Gasteiger partial charge in [-0.15, -0.1) is 0 Å². The fraction of sp³-hybridized carbons (Fsp3) is 0.412. The number of rotatable bonds is 4. The van der Waals surface area contributed by atoms with Crippen LogP contribution in [-0.2, 0) is 6.54 Å². The molecule has 0 radical (unpaired) electrons. The third-order valence-corrected chi connectivity index (χ3v) is 4.59. The lowest BCUT2D eigenvalue weighted by molar-refractivity contribution is 0.312. The van der Waals surface area contributed by atoms with E-state index in [1.54, 1.807) is 6.33 Å². The van der Waals surface area contributed by atoms with E-state index in [1.165, 1.54) is 0 Å². The van der Waals surface area contributed by atoms with Crippen molar-refractivity contribution >= 4 is 22.7 Å². The van der Waals surface area contributed by atoms with Gasteiger partial charge in [-0.1, -0.05) is 6.07 Å². The molecule has 0 spiro atoms. The number of fused-ring (bicyclic) bond motifs is 1. The van der Waals surface area contributed by atoms with Gasteiger partial charge in [0.25, 0.3) is 0 Å². The second-order valence-corrected chi connectivity index (χ2v) is 6.29. The maximum Gasteiger partial charge on any atom is 0.163 e. The zero-order valence-corrected chi connectivity index (χ0v) is 14.6. The van der Waals surface area contributed by atoms with Crippen LogP contribution < -0.4 is 10.2 Å². The van der Waals surface area contributed by atoms with Gasteiger partial charge in [0.05, 0.1) is 23.8 Å². The Morgan fingerprint density at radius 3 is 2.76 bits per heavy atom. The minimum atomic E-state index is 0.582. The zero-order chi connectivity index (χ0) is 17.2. The monoisotopic (exact) mass is 338 g/mol. The molecule has 0 saturated carbocycles. The van der Waals surface area contributed by atoms with Crippen molar-refractivity contribution in [2.24, 2.45) is 0 Å². The van der Waals surface area contributed by atoms with Crippen LogP contribution in [0.5, 0.6) is 0 Å². The van der Waals surface area contributed by atoms with Crippen molar-refractivity contribution in [1.29, 1.82) is 0 Å². The maximum absolute atomic E-state index is 4.56. The number of anilines is 2. The van der Waals surface area contributed by atoms with E-state index in [0.717, 1.165) is 54.5 Å². The van der Waals surface area contributed by atoms with Crippen molar-refractivity contribution in [3.05, 3.63) is 36.4 Å². The Bertz CT molecular complexity index is 866. The molecule has 0 aliphatic carbocycles. The van der Waals surface area contributed by atoms with Crippen molar-refractivity contribution in [1.82, 2.24) is 29.6 Å². The number of hydrogen-bond donors (Lipinski definition) is 1. The molecule has 130 valence electrons. The predicted octanol–water partition coefficient (Wildman–Crippen LogP) is 1.06. The SMILES string of the molecule is CNc1cccc(Cn2ncc3c(N4CCN(C)CC4)ncnc32)n1. The summed E-state index contributed by atoms with van der Waals surface area (Å²) in [5, 5.41) is 8.59. The van der Waals surface area contributed by atoms with Gasteiger partial charge in [0.1, 0.15) is 18.0 Å². The average Bonchev–Trinajstić information content (AvgIpc) is 3.06. The summed E-state index contributed by atoms with van der Waals surface area (Å²) in [5.41, 5.74) is 1.79. The third-order valence-electron chi connectivity index (χ3n) is 4.59.